The van der Waals surface area contributed by atoms with Gasteiger partial charge in [0.15, 0.2) is 28.7 Å². The Balaban J connectivity index is 1.93. The first-order valence-electron chi connectivity index (χ1n) is 15.1. The van der Waals surface area contributed by atoms with Gasteiger partial charge in [-0.1, -0.05) is 60.6 Å². The van der Waals surface area contributed by atoms with Crippen LogP contribution in [0, 0.1) is 39.9 Å². The number of fused-ring (bicyclic) bond motifs is 3. The lowest BCUT2D eigenvalue weighted by Crippen LogP contribution is -2.76. The summed E-state index contributed by atoms with van der Waals surface area (Å²) in [5.74, 6) is -8.73. The number of aliphatic hydroxyl groups is 1. The van der Waals surface area contributed by atoms with Gasteiger partial charge in [-0.25, -0.2) is 0 Å². The Morgan fingerprint density at radius 1 is 1.10 bits per heavy atom. The average molecular weight is 579 g/mol. The van der Waals surface area contributed by atoms with Crippen molar-refractivity contribution in [3.8, 4) is 5.75 Å². The lowest BCUT2D eigenvalue weighted by molar-refractivity contribution is -0.205. The average Bonchev–Trinajstić information content (AvgIpc) is 2.81. The topological polar surface area (TPSA) is 126 Å². The first-order valence-corrected chi connectivity index (χ1v) is 15.1. The van der Waals surface area contributed by atoms with E-state index in [1.807, 2.05) is 13.0 Å². The number of aromatic hydroxyl groups is 1. The van der Waals surface area contributed by atoms with E-state index in [1.165, 1.54) is 0 Å². The Labute approximate surface area is 249 Å². The molecule has 0 spiro atoms. The Kier molecular flexibility index (Phi) is 7.67. The van der Waals surface area contributed by atoms with E-state index >= 15 is 0 Å². The third-order valence-corrected chi connectivity index (χ3v) is 10.3. The van der Waals surface area contributed by atoms with E-state index in [2.05, 4.69) is 27.4 Å². The highest BCUT2D eigenvalue weighted by Crippen LogP contribution is 2.64. The summed E-state index contributed by atoms with van der Waals surface area (Å²) in [6.07, 6.45) is 2.46. The molecule has 0 heterocycles. The van der Waals surface area contributed by atoms with Gasteiger partial charge in [-0.15, -0.1) is 0 Å². The molecular formula is C35H46O7. The Morgan fingerprint density at radius 3 is 2.19 bits per heavy atom. The summed E-state index contributed by atoms with van der Waals surface area (Å²) < 4.78 is 0. The van der Waals surface area contributed by atoms with Gasteiger partial charge in [0.2, 0.25) is 0 Å². The van der Waals surface area contributed by atoms with E-state index in [0.29, 0.717) is 17.5 Å². The van der Waals surface area contributed by atoms with Crippen LogP contribution >= 0.6 is 0 Å². The summed E-state index contributed by atoms with van der Waals surface area (Å²) in [6.45, 7) is 20.4. The number of phenolic OH excluding ortho intramolecular Hbond substituents is 1. The van der Waals surface area contributed by atoms with Crippen LogP contribution in [0.4, 0.5) is 0 Å². The van der Waals surface area contributed by atoms with Crippen LogP contribution < -0.4 is 0 Å². The van der Waals surface area contributed by atoms with E-state index in [1.54, 1.807) is 27.7 Å². The van der Waals surface area contributed by atoms with Gasteiger partial charge in [0.1, 0.15) is 17.5 Å². The highest BCUT2D eigenvalue weighted by Gasteiger charge is 2.76. The second-order valence-corrected chi connectivity index (χ2v) is 15.3. The molecule has 7 heteroatoms. The van der Waals surface area contributed by atoms with E-state index in [4.69, 9.17) is 0 Å². The van der Waals surface area contributed by atoms with Crippen LogP contribution in [0.2, 0.25) is 0 Å². The van der Waals surface area contributed by atoms with Crippen LogP contribution in [0.15, 0.2) is 12.6 Å². The summed E-state index contributed by atoms with van der Waals surface area (Å²) in [5, 5.41) is 23.7. The molecule has 7 nitrogen and oxygen atoms in total. The van der Waals surface area contributed by atoms with Crippen molar-refractivity contribution in [1.82, 2.24) is 0 Å². The van der Waals surface area contributed by atoms with Crippen LogP contribution in [0.25, 0.3) is 5.57 Å². The van der Waals surface area contributed by atoms with Crippen molar-refractivity contribution in [1.29, 1.82) is 0 Å². The van der Waals surface area contributed by atoms with Crippen LogP contribution in [-0.4, -0.2) is 44.7 Å². The SMILES string of the molecule is C=C(C)c1cc(CCCC(C)(C)C)c(O)c2c1C[C@]1(C)C[C@]3(C)C(C(C)C)C(=O)C(C(C)=O)C(=O)[C@]3(O)C(=O)C1C2=O. The first kappa shape index (κ1) is 32.0. The molecule has 0 amide bonds. The number of Topliss-reactive ketones (excluding diaryl/α,β-unsaturated/α-hetero) is 5. The van der Waals surface area contributed by atoms with E-state index in [9.17, 15) is 34.2 Å². The van der Waals surface area contributed by atoms with Gasteiger partial charge >= 0.3 is 0 Å². The summed E-state index contributed by atoms with van der Waals surface area (Å²) in [5.41, 5.74) is -2.48. The zero-order valence-electron chi connectivity index (χ0n) is 26.6. The minimum absolute atomic E-state index is 0.0345. The van der Waals surface area contributed by atoms with Crippen molar-refractivity contribution in [2.45, 2.75) is 100 Å². The van der Waals surface area contributed by atoms with Gasteiger partial charge in [0.25, 0.3) is 0 Å². The lowest BCUT2D eigenvalue weighted by Gasteiger charge is -2.62. The predicted molar refractivity (Wildman–Crippen MR) is 160 cm³/mol. The number of carbonyl (C=O) groups excluding carboxylic acids is 5. The molecule has 2 saturated carbocycles. The maximum Gasteiger partial charge on any atom is 0.190 e. The van der Waals surface area contributed by atoms with Crippen molar-refractivity contribution in [3.63, 3.8) is 0 Å². The van der Waals surface area contributed by atoms with Crippen molar-refractivity contribution in [2.75, 3.05) is 0 Å². The standard InChI is InChI=1S/C35H46O7/c1-17(2)21-14-20(12-11-13-32(6,7)8)27(37)24-22(21)15-33(9)16-34(10)25(18(3)4)28(38)23(19(5)36)30(40)35(34,42)31(41)26(33)29(24)39/h14,18,23,25-26,37,42H,1,11-13,15-16H2,2-10H3/t23?,25?,26?,33-,34-,35+/m1/s1. The normalized spacial score (nSPS) is 32.9. The molecule has 4 rings (SSSR count). The van der Waals surface area contributed by atoms with Gasteiger partial charge < -0.3 is 10.2 Å². The molecule has 3 aliphatic rings. The molecule has 1 aromatic rings. The maximum atomic E-state index is 14.5. The molecule has 2 N–H and O–H groups in total. The van der Waals surface area contributed by atoms with Crippen molar-refractivity contribution >= 4 is 34.5 Å². The molecule has 0 aliphatic heterocycles. The third-order valence-electron chi connectivity index (χ3n) is 10.3. The molecule has 3 unspecified atom stereocenters. The summed E-state index contributed by atoms with van der Waals surface area (Å²) >= 11 is 0. The Bertz CT molecular complexity index is 1430. The molecule has 0 radical (unpaired) electrons. The summed E-state index contributed by atoms with van der Waals surface area (Å²) in [7, 11) is 0. The molecule has 2 fully saturated rings. The van der Waals surface area contributed by atoms with E-state index in [-0.39, 0.29) is 35.5 Å². The van der Waals surface area contributed by atoms with Gasteiger partial charge in [0, 0.05) is 11.3 Å². The molecule has 3 aliphatic carbocycles. The maximum absolute atomic E-state index is 14.5. The van der Waals surface area contributed by atoms with Gasteiger partial charge in [-0.2, -0.15) is 0 Å². The van der Waals surface area contributed by atoms with Crippen LogP contribution in [0.5, 0.6) is 5.75 Å². The van der Waals surface area contributed by atoms with Crippen LogP contribution in [0.3, 0.4) is 0 Å². The quantitative estimate of drug-likeness (QED) is 0.427. The van der Waals surface area contributed by atoms with Crippen molar-refractivity contribution < 1.29 is 34.2 Å². The molecule has 228 valence electrons. The lowest BCUT2D eigenvalue weighted by atomic mass is 9.39. The zero-order chi connectivity index (χ0) is 31.9. The molecule has 0 aromatic heterocycles. The molecule has 6 atom stereocenters. The van der Waals surface area contributed by atoms with Gasteiger partial charge in [-0.3, -0.25) is 24.0 Å². The minimum atomic E-state index is -2.69. The Hall–Kier alpha value is -2.93. The van der Waals surface area contributed by atoms with Crippen molar-refractivity contribution in [2.24, 2.45) is 39.9 Å². The fourth-order valence-corrected chi connectivity index (χ4v) is 8.64. The zero-order valence-corrected chi connectivity index (χ0v) is 26.6. The van der Waals surface area contributed by atoms with E-state index < -0.39 is 63.1 Å². The summed E-state index contributed by atoms with van der Waals surface area (Å²) in [6, 6.07) is 1.89. The second-order valence-electron chi connectivity index (χ2n) is 15.3. The van der Waals surface area contributed by atoms with Crippen LogP contribution in [0.1, 0.15) is 109 Å². The van der Waals surface area contributed by atoms with Crippen LogP contribution in [-0.2, 0) is 32.0 Å². The highest BCUT2D eigenvalue weighted by atomic mass is 16.3. The molecule has 1 aromatic carbocycles. The fraction of sp³-hybridized carbons (Fsp3) is 0.629. The number of hydrogen-bond acceptors (Lipinski definition) is 7. The number of carbonyl (C=O) groups is 5. The second kappa shape index (κ2) is 10.1. The van der Waals surface area contributed by atoms with Gasteiger partial charge in [-0.05, 0) is 85.5 Å². The Morgan fingerprint density at radius 2 is 1.69 bits per heavy atom. The number of aryl methyl sites for hydroxylation is 1. The summed E-state index contributed by atoms with van der Waals surface area (Å²) in [4.78, 5) is 68.9. The fourth-order valence-electron chi connectivity index (χ4n) is 8.64. The number of benzene rings is 1. The predicted octanol–water partition coefficient (Wildman–Crippen LogP) is 5.49. The molecule has 0 bridgehead atoms. The number of rotatable bonds is 6. The smallest absolute Gasteiger partial charge is 0.190 e. The van der Waals surface area contributed by atoms with Crippen molar-refractivity contribution in [3.05, 3.63) is 34.9 Å². The first-order chi connectivity index (χ1) is 19.1. The largest absolute Gasteiger partial charge is 0.507 e. The monoisotopic (exact) mass is 578 g/mol. The molecule has 0 saturated heterocycles. The van der Waals surface area contributed by atoms with E-state index in [0.717, 1.165) is 30.9 Å². The highest BCUT2D eigenvalue weighted by molar-refractivity contribution is 6.32. The number of phenols is 1. The number of ketones is 5. The molecular weight excluding hydrogens is 532 g/mol. The number of hydrogen-bond donors (Lipinski definition) is 2. The molecule has 42 heavy (non-hydrogen) atoms. The minimum Gasteiger partial charge on any atom is -0.507 e. The third kappa shape index (κ3) is 4.45. The number of allylic oxidation sites excluding steroid dienone is 1. The van der Waals surface area contributed by atoms with Gasteiger partial charge in [0.05, 0.1) is 11.5 Å².